The van der Waals surface area contributed by atoms with Crippen LogP contribution < -0.4 is 10.6 Å². The van der Waals surface area contributed by atoms with Gasteiger partial charge >= 0.3 is 5.69 Å². The van der Waals surface area contributed by atoms with Crippen molar-refractivity contribution in [2.24, 2.45) is 7.05 Å². The molecule has 0 radical (unpaired) electrons. The van der Waals surface area contributed by atoms with Gasteiger partial charge in [-0.2, -0.15) is 5.10 Å². The first kappa shape index (κ1) is 16.4. The first-order valence-corrected chi connectivity index (χ1v) is 9.60. The van der Waals surface area contributed by atoms with E-state index in [1.54, 1.807) is 19.4 Å². The lowest BCUT2D eigenvalue weighted by Gasteiger charge is -2.33. The van der Waals surface area contributed by atoms with E-state index >= 15 is 0 Å². The smallest absolute Gasteiger partial charge is 0.345 e. The summed E-state index contributed by atoms with van der Waals surface area (Å²) in [6.07, 6.45) is 7.72. The van der Waals surface area contributed by atoms with Crippen molar-refractivity contribution in [2.45, 2.75) is 44.6 Å². The third kappa shape index (κ3) is 2.79. The summed E-state index contributed by atoms with van der Waals surface area (Å²) in [4.78, 5) is 28.1. The molecule has 0 atom stereocenters. The summed E-state index contributed by atoms with van der Waals surface area (Å²) in [5.41, 5.74) is 0.911. The Labute approximate surface area is 156 Å². The Morgan fingerprint density at radius 1 is 1.11 bits per heavy atom. The Kier molecular flexibility index (Phi) is 3.73. The number of anilines is 1. The second-order valence-corrected chi connectivity index (χ2v) is 7.61. The standard InChI is InChI=1S/C19H23N7O/c1-12-21-16-11-20-8-5-15(16)18(22-12)25-9-6-13(7-10-25)17-23-24(2)19(27)26(17)14-3-4-14/h5,8,11,13-14H,3-4,6-7,9-10H2,1-2H3. The molecule has 3 aromatic rings. The summed E-state index contributed by atoms with van der Waals surface area (Å²) >= 11 is 0. The fraction of sp³-hybridized carbons (Fsp3) is 0.526. The Bertz CT molecular complexity index is 1060. The summed E-state index contributed by atoms with van der Waals surface area (Å²) in [6, 6.07) is 2.35. The van der Waals surface area contributed by atoms with Gasteiger partial charge in [0.1, 0.15) is 17.5 Å². The quantitative estimate of drug-likeness (QED) is 0.706. The maximum atomic E-state index is 12.4. The van der Waals surface area contributed by atoms with Gasteiger partial charge in [-0.05, 0) is 38.7 Å². The van der Waals surface area contributed by atoms with E-state index in [0.717, 1.165) is 67.1 Å². The molecule has 3 aromatic heterocycles. The Morgan fingerprint density at radius 2 is 1.89 bits per heavy atom. The summed E-state index contributed by atoms with van der Waals surface area (Å²) in [7, 11) is 1.75. The molecule has 8 heteroatoms. The van der Waals surface area contributed by atoms with Crippen LogP contribution >= 0.6 is 0 Å². The van der Waals surface area contributed by atoms with Gasteiger partial charge in [0.25, 0.3) is 0 Å². The number of nitrogens with zero attached hydrogens (tertiary/aromatic N) is 7. The van der Waals surface area contributed by atoms with E-state index in [1.807, 2.05) is 17.6 Å². The zero-order valence-corrected chi connectivity index (χ0v) is 15.7. The average molecular weight is 365 g/mol. The largest absolute Gasteiger partial charge is 0.356 e. The van der Waals surface area contributed by atoms with Gasteiger partial charge in [-0.25, -0.2) is 19.4 Å². The zero-order chi connectivity index (χ0) is 18.5. The second kappa shape index (κ2) is 6.14. The number of pyridine rings is 1. The van der Waals surface area contributed by atoms with Crippen LogP contribution in [0.3, 0.4) is 0 Å². The molecular formula is C19H23N7O. The highest BCUT2D eigenvalue weighted by Gasteiger charge is 2.34. The van der Waals surface area contributed by atoms with Gasteiger partial charge < -0.3 is 4.90 Å². The van der Waals surface area contributed by atoms with Crippen molar-refractivity contribution in [2.75, 3.05) is 18.0 Å². The van der Waals surface area contributed by atoms with Gasteiger partial charge in [0.05, 0.1) is 11.7 Å². The van der Waals surface area contributed by atoms with E-state index in [4.69, 9.17) is 4.98 Å². The fourth-order valence-corrected chi connectivity index (χ4v) is 4.12. The normalized spacial score (nSPS) is 18.4. The van der Waals surface area contributed by atoms with Crippen LogP contribution in [0.4, 0.5) is 5.82 Å². The topological polar surface area (TPSA) is 81.7 Å². The monoisotopic (exact) mass is 365 g/mol. The summed E-state index contributed by atoms with van der Waals surface area (Å²) in [5, 5.41) is 5.61. The van der Waals surface area contributed by atoms with E-state index in [2.05, 4.69) is 20.0 Å². The molecule has 2 aliphatic rings. The van der Waals surface area contributed by atoms with Crippen molar-refractivity contribution in [3.05, 3.63) is 40.6 Å². The van der Waals surface area contributed by atoms with Crippen molar-refractivity contribution in [3.63, 3.8) is 0 Å². The van der Waals surface area contributed by atoms with E-state index < -0.39 is 0 Å². The summed E-state index contributed by atoms with van der Waals surface area (Å²) in [6.45, 7) is 3.72. The van der Waals surface area contributed by atoms with Gasteiger partial charge in [-0.15, -0.1) is 0 Å². The molecule has 1 aliphatic carbocycles. The van der Waals surface area contributed by atoms with Crippen molar-refractivity contribution in [1.82, 2.24) is 29.3 Å². The van der Waals surface area contributed by atoms with Crippen molar-refractivity contribution < 1.29 is 0 Å². The minimum absolute atomic E-state index is 0.0276. The molecule has 1 aliphatic heterocycles. The van der Waals surface area contributed by atoms with Crippen LogP contribution in [0.15, 0.2) is 23.3 Å². The number of piperidine rings is 1. The number of fused-ring (bicyclic) bond motifs is 1. The van der Waals surface area contributed by atoms with Crippen LogP contribution in [-0.2, 0) is 7.05 Å². The van der Waals surface area contributed by atoms with Crippen LogP contribution in [-0.4, -0.2) is 42.4 Å². The predicted molar refractivity (Wildman–Crippen MR) is 102 cm³/mol. The number of rotatable bonds is 3. The summed E-state index contributed by atoms with van der Waals surface area (Å²) in [5.74, 6) is 3.04. The number of hydrogen-bond donors (Lipinski definition) is 0. The van der Waals surface area contributed by atoms with Gasteiger partial charge in [-0.1, -0.05) is 0 Å². The van der Waals surface area contributed by atoms with Gasteiger partial charge in [-0.3, -0.25) is 9.55 Å². The molecule has 4 heterocycles. The third-order valence-electron chi connectivity index (χ3n) is 5.64. The Morgan fingerprint density at radius 3 is 2.63 bits per heavy atom. The van der Waals surface area contributed by atoms with Gasteiger partial charge in [0.15, 0.2) is 0 Å². The molecule has 1 saturated heterocycles. The number of hydrogen-bond acceptors (Lipinski definition) is 6. The molecule has 0 amide bonds. The van der Waals surface area contributed by atoms with E-state index in [0.29, 0.717) is 12.0 Å². The predicted octanol–water partition coefficient (Wildman–Crippen LogP) is 1.95. The highest BCUT2D eigenvalue weighted by Crippen LogP contribution is 2.38. The third-order valence-corrected chi connectivity index (χ3v) is 5.64. The SMILES string of the molecule is Cc1nc(N2CCC(c3nn(C)c(=O)n3C3CC3)CC2)c2ccncc2n1. The Balaban J connectivity index is 1.42. The lowest BCUT2D eigenvalue weighted by atomic mass is 9.95. The van der Waals surface area contributed by atoms with Crippen LogP contribution in [0.5, 0.6) is 0 Å². The number of aromatic nitrogens is 6. The molecule has 27 heavy (non-hydrogen) atoms. The van der Waals surface area contributed by atoms with Crippen molar-refractivity contribution in [3.8, 4) is 0 Å². The van der Waals surface area contributed by atoms with Crippen LogP contribution in [0, 0.1) is 6.92 Å². The molecule has 5 rings (SSSR count). The first-order chi connectivity index (χ1) is 13.1. The molecule has 0 aromatic carbocycles. The number of aryl methyl sites for hydroxylation is 2. The average Bonchev–Trinajstić information content (AvgIpc) is 3.47. The molecule has 0 bridgehead atoms. The van der Waals surface area contributed by atoms with Crippen molar-refractivity contribution >= 4 is 16.7 Å². The second-order valence-electron chi connectivity index (χ2n) is 7.61. The Hall–Kier alpha value is -2.77. The lowest BCUT2D eigenvalue weighted by molar-refractivity contribution is 0.461. The molecule has 8 nitrogen and oxygen atoms in total. The molecule has 0 unspecified atom stereocenters. The van der Waals surface area contributed by atoms with E-state index in [-0.39, 0.29) is 5.69 Å². The van der Waals surface area contributed by atoms with Gasteiger partial charge in [0, 0.05) is 43.7 Å². The maximum absolute atomic E-state index is 12.4. The molecule has 1 saturated carbocycles. The minimum atomic E-state index is 0.0276. The summed E-state index contributed by atoms with van der Waals surface area (Å²) < 4.78 is 3.44. The molecule has 0 N–H and O–H groups in total. The molecule has 0 spiro atoms. The van der Waals surface area contributed by atoms with Crippen LogP contribution in [0.25, 0.3) is 10.9 Å². The fourth-order valence-electron chi connectivity index (χ4n) is 4.12. The minimum Gasteiger partial charge on any atom is -0.356 e. The van der Waals surface area contributed by atoms with E-state index in [9.17, 15) is 4.79 Å². The van der Waals surface area contributed by atoms with E-state index in [1.165, 1.54) is 4.68 Å². The zero-order valence-electron chi connectivity index (χ0n) is 15.7. The van der Waals surface area contributed by atoms with Crippen LogP contribution in [0.2, 0.25) is 0 Å². The molecular weight excluding hydrogens is 342 g/mol. The first-order valence-electron chi connectivity index (χ1n) is 9.60. The van der Waals surface area contributed by atoms with Crippen molar-refractivity contribution in [1.29, 1.82) is 0 Å². The van der Waals surface area contributed by atoms with Crippen LogP contribution in [0.1, 0.15) is 49.3 Å². The maximum Gasteiger partial charge on any atom is 0.345 e. The van der Waals surface area contributed by atoms with Gasteiger partial charge in [0.2, 0.25) is 0 Å². The highest BCUT2D eigenvalue weighted by molar-refractivity contribution is 5.88. The molecule has 2 fully saturated rings. The lowest BCUT2D eigenvalue weighted by Crippen LogP contribution is -2.35. The molecule has 140 valence electrons. The highest BCUT2D eigenvalue weighted by atomic mass is 16.2.